The molecule has 1 aromatic rings. The van der Waals surface area contributed by atoms with E-state index in [1.807, 2.05) is 0 Å². The Bertz CT molecular complexity index is 677. The zero-order valence-corrected chi connectivity index (χ0v) is 31.0. The van der Waals surface area contributed by atoms with E-state index >= 15 is 0 Å². The van der Waals surface area contributed by atoms with Crippen molar-refractivity contribution in [1.82, 2.24) is 4.57 Å². The third kappa shape index (κ3) is 25.4. The molecule has 0 saturated carbocycles. The molecule has 0 amide bonds. The van der Waals surface area contributed by atoms with E-state index in [0.29, 0.717) is 0 Å². The molecule has 0 unspecified atom stereocenters. The fourth-order valence-corrected chi connectivity index (χ4v) is 7.01. The highest BCUT2D eigenvalue weighted by Crippen LogP contribution is 2.16. The highest BCUT2D eigenvalue weighted by molar-refractivity contribution is 4.84. The van der Waals surface area contributed by atoms with Crippen molar-refractivity contribution in [2.75, 3.05) is 0 Å². The van der Waals surface area contributed by atoms with Gasteiger partial charge in [0.2, 0.25) is 0 Å². The highest BCUT2D eigenvalue weighted by atomic mass is 15.1. The number of hydrogen-bond donors (Lipinski definition) is 0. The molecule has 0 atom stereocenters. The molecule has 260 valence electrons. The van der Waals surface area contributed by atoms with Crippen LogP contribution in [-0.2, 0) is 19.5 Å². The molecule has 0 aliphatic rings. The Morgan fingerprint density at radius 1 is 0.386 bits per heavy atom. The van der Waals surface area contributed by atoms with Gasteiger partial charge in [0.15, 0.2) is 0 Å². The molecular formula is C42H83N2+. The Kier molecular flexibility index (Phi) is 31.5. The van der Waals surface area contributed by atoms with Gasteiger partial charge in [-0.25, -0.2) is 9.13 Å². The second-order valence-corrected chi connectivity index (χ2v) is 14.5. The van der Waals surface area contributed by atoms with Crippen LogP contribution in [0.4, 0.5) is 0 Å². The summed E-state index contributed by atoms with van der Waals surface area (Å²) < 4.78 is 5.20. The van der Waals surface area contributed by atoms with E-state index < -0.39 is 0 Å². The van der Waals surface area contributed by atoms with E-state index in [9.17, 15) is 0 Å². The van der Waals surface area contributed by atoms with Gasteiger partial charge in [0.1, 0.15) is 12.4 Å². The minimum absolute atomic E-state index is 1.20. The molecule has 1 aromatic heterocycles. The summed E-state index contributed by atoms with van der Waals surface area (Å²) in [5.41, 5.74) is 0. The fourth-order valence-electron chi connectivity index (χ4n) is 7.01. The fraction of sp³-hybridized carbons (Fsp3) is 0.929. The maximum atomic E-state index is 2.61. The molecule has 0 bridgehead atoms. The highest BCUT2D eigenvalue weighted by Gasteiger charge is 2.16. The van der Waals surface area contributed by atoms with Gasteiger partial charge in [-0.15, -0.1) is 0 Å². The summed E-state index contributed by atoms with van der Waals surface area (Å²) in [6, 6.07) is 0. The molecule has 1 heterocycles. The van der Waals surface area contributed by atoms with Crippen LogP contribution in [0.5, 0.6) is 0 Å². The lowest BCUT2D eigenvalue weighted by Crippen LogP contribution is -2.37. The number of aryl methyl sites for hydroxylation is 2. The molecule has 0 spiro atoms. The lowest BCUT2D eigenvalue weighted by Gasteiger charge is -2.07. The Morgan fingerprint density at radius 3 is 1.07 bits per heavy atom. The van der Waals surface area contributed by atoms with Gasteiger partial charge in [-0.2, -0.15) is 0 Å². The van der Waals surface area contributed by atoms with Crippen molar-refractivity contribution in [3.8, 4) is 0 Å². The predicted molar refractivity (Wildman–Crippen MR) is 198 cm³/mol. The summed E-state index contributed by atoms with van der Waals surface area (Å²) in [6.45, 7) is 9.37. The minimum Gasteiger partial charge on any atom is -0.234 e. The van der Waals surface area contributed by atoms with Gasteiger partial charge >= 0.3 is 0 Å². The van der Waals surface area contributed by atoms with Crippen LogP contribution in [0.15, 0.2) is 12.4 Å². The average molecular weight is 616 g/mol. The second kappa shape index (κ2) is 33.6. The summed E-state index contributed by atoms with van der Waals surface area (Å²) >= 11 is 0. The minimum atomic E-state index is 1.20. The van der Waals surface area contributed by atoms with E-state index in [1.54, 1.807) is 5.82 Å². The molecule has 1 rings (SSSR count). The van der Waals surface area contributed by atoms with Crippen LogP contribution in [-0.4, -0.2) is 4.57 Å². The van der Waals surface area contributed by atoms with Crippen molar-refractivity contribution in [1.29, 1.82) is 0 Å². The molecule has 0 aliphatic heterocycles. The Balaban J connectivity index is 2.05. The van der Waals surface area contributed by atoms with E-state index in [0.717, 1.165) is 0 Å². The summed E-state index contributed by atoms with van der Waals surface area (Å²) in [6.07, 6.45) is 53.5. The van der Waals surface area contributed by atoms with Crippen LogP contribution in [0.2, 0.25) is 0 Å². The van der Waals surface area contributed by atoms with Gasteiger partial charge in [0.25, 0.3) is 5.82 Å². The van der Waals surface area contributed by atoms with Crippen molar-refractivity contribution >= 4 is 0 Å². The third-order valence-electron chi connectivity index (χ3n) is 10.1. The van der Waals surface area contributed by atoms with Crippen molar-refractivity contribution in [2.45, 2.75) is 252 Å². The normalized spacial score (nSPS) is 11.6. The number of aromatic nitrogens is 2. The van der Waals surface area contributed by atoms with Crippen LogP contribution < -0.4 is 4.57 Å². The molecule has 0 saturated heterocycles. The zero-order valence-electron chi connectivity index (χ0n) is 31.0. The van der Waals surface area contributed by atoms with Crippen LogP contribution >= 0.6 is 0 Å². The maximum absolute atomic E-state index is 2.61. The SMILES string of the molecule is CCCCCCCCCCCCCCCCCCCc1n(CCCC)cc[n+]1CCCCCCCCCCCCCCCC. The summed E-state index contributed by atoms with van der Waals surface area (Å²) in [4.78, 5) is 0. The predicted octanol–water partition coefficient (Wildman–Crippen LogP) is 14.3. The molecular weight excluding hydrogens is 532 g/mol. The molecule has 0 fully saturated rings. The van der Waals surface area contributed by atoms with E-state index in [4.69, 9.17) is 0 Å². The first-order valence-corrected chi connectivity index (χ1v) is 20.9. The van der Waals surface area contributed by atoms with Crippen LogP contribution in [0.25, 0.3) is 0 Å². The smallest absolute Gasteiger partial charge is 0.234 e. The van der Waals surface area contributed by atoms with Crippen LogP contribution in [0.3, 0.4) is 0 Å². The number of rotatable bonds is 36. The summed E-state index contributed by atoms with van der Waals surface area (Å²) in [5, 5.41) is 0. The molecule has 0 radical (unpaired) electrons. The largest absolute Gasteiger partial charge is 0.256 e. The average Bonchev–Trinajstić information content (AvgIpc) is 3.42. The van der Waals surface area contributed by atoms with Gasteiger partial charge < -0.3 is 0 Å². The first-order chi connectivity index (χ1) is 21.8. The summed E-state index contributed by atoms with van der Waals surface area (Å²) in [5.74, 6) is 1.61. The van der Waals surface area contributed by atoms with Gasteiger partial charge in [-0.3, -0.25) is 0 Å². The first kappa shape index (κ1) is 41.2. The van der Waals surface area contributed by atoms with Crippen molar-refractivity contribution in [2.24, 2.45) is 0 Å². The van der Waals surface area contributed by atoms with E-state index in [-0.39, 0.29) is 0 Å². The second-order valence-electron chi connectivity index (χ2n) is 14.5. The Labute approximate surface area is 279 Å². The topological polar surface area (TPSA) is 8.81 Å². The van der Waals surface area contributed by atoms with Gasteiger partial charge in [0.05, 0.1) is 13.1 Å². The lowest BCUT2D eigenvalue weighted by molar-refractivity contribution is -0.704. The quantitative estimate of drug-likeness (QED) is 0.0524. The molecule has 2 heteroatoms. The molecule has 0 N–H and O–H groups in total. The standard InChI is InChI=1S/C42H83N2/c1-4-7-10-12-14-16-18-20-22-23-24-25-27-29-31-33-35-37-42-43(38-9-6-3)40-41-44(42)39-36-34-32-30-28-26-21-19-17-15-13-11-8-5-2/h40-41H,4-39H2,1-3H3/q+1. The number of imidazole rings is 1. The van der Waals surface area contributed by atoms with Gasteiger partial charge in [-0.1, -0.05) is 207 Å². The van der Waals surface area contributed by atoms with Crippen molar-refractivity contribution in [3.05, 3.63) is 18.2 Å². The summed E-state index contributed by atoms with van der Waals surface area (Å²) in [7, 11) is 0. The zero-order chi connectivity index (χ0) is 31.6. The van der Waals surface area contributed by atoms with Crippen LogP contribution in [0.1, 0.15) is 238 Å². The Hall–Kier alpha value is -0.790. The Morgan fingerprint density at radius 2 is 0.705 bits per heavy atom. The monoisotopic (exact) mass is 616 g/mol. The first-order valence-electron chi connectivity index (χ1n) is 20.9. The van der Waals surface area contributed by atoms with Gasteiger partial charge in [-0.05, 0) is 25.7 Å². The van der Waals surface area contributed by atoms with Crippen molar-refractivity contribution in [3.63, 3.8) is 0 Å². The van der Waals surface area contributed by atoms with E-state index in [1.165, 1.54) is 231 Å². The number of nitrogens with zero attached hydrogens (tertiary/aromatic N) is 2. The molecule has 0 aliphatic carbocycles. The molecule has 2 nitrogen and oxygen atoms in total. The number of unbranched alkanes of at least 4 members (excludes halogenated alkanes) is 30. The van der Waals surface area contributed by atoms with Gasteiger partial charge in [0, 0.05) is 6.42 Å². The third-order valence-corrected chi connectivity index (χ3v) is 10.1. The van der Waals surface area contributed by atoms with Crippen molar-refractivity contribution < 1.29 is 4.57 Å². The van der Waals surface area contributed by atoms with E-state index in [2.05, 4.69) is 42.3 Å². The maximum Gasteiger partial charge on any atom is 0.256 e. The lowest BCUT2D eigenvalue weighted by atomic mass is 10.0. The van der Waals surface area contributed by atoms with Crippen LogP contribution in [0, 0.1) is 0 Å². The molecule has 44 heavy (non-hydrogen) atoms. The molecule has 0 aromatic carbocycles. The number of hydrogen-bond acceptors (Lipinski definition) is 0.